The summed E-state index contributed by atoms with van der Waals surface area (Å²) in [4.78, 5) is 16.6. The molecule has 4 nitrogen and oxygen atoms in total. The molecule has 27 heavy (non-hydrogen) atoms. The van der Waals surface area contributed by atoms with E-state index < -0.39 is 11.7 Å². The maximum absolute atomic E-state index is 12.9. The summed E-state index contributed by atoms with van der Waals surface area (Å²) < 4.78 is 38.6. The minimum absolute atomic E-state index is 0.183. The molecule has 1 aromatic heterocycles. The number of anilines is 2. The molecule has 0 bridgehead atoms. The van der Waals surface area contributed by atoms with Crippen molar-refractivity contribution >= 4 is 17.4 Å². The van der Waals surface area contributed by atoms with E-state index >= 15 is 0 Å². The molecule has 0 unspecified atom stereocenters. The van der Waals surface area contributed by atoms with Gasteiger partial charge in [0.15, 0.2) is 0 Å². The van der Waals surface area contributed by atoms with E-state index in [4.69, 9.17) is 0 Å². The van der Waals surface area contributed by atoms with Crippen molar-refractivity contribution in [3.05, 3.63) is 89.6 Å². The van der Waals surface area contributed by atoms with E-state index in [0.29, 0.717) is 6.54 Å². The van der Waals surface area contributed by atoms with E-state index in [-0.39, 0.29) is 23.0 Å². The number of nitrogens with zero attached hydrogens (tertiary/aromatic N) is 1. The first-order chi connectivity index (χ1) is 12.9. The number of nitrogens with one attached hydrogen (secondary N) is 2. The Morgan fingerprint density at radius 1 is 0.963 bits per heavy atom. The molecule has 138 valence electrons. The minimum atomic E-state index is -4.45. The van der Waals surface area contributed by atoms with Gasteiger partial charge < -0.3 is 10.6 Å². The third-order valence-corrected chi connectivity index (χ3v) is 3.80. The lowest BCUT2D eigenvalue weighted by atomic mass is 10.1. The maximum Gasteiger partial charge on any atom is 0.416 e. The fraction of sp³-hybridized carbons (Fsp3) is 0.100. The Balaban J connectivity index is 1.77. The molecule has 2 N–H and O–H groups in total. The predicted molar refractivity (Wildman–Crippen MR) is 96.6 cm³/mol. The smallest absolute Gasteiger partial charge is 0.348 e. The molecule has 1 heterocycles. The van der Waals surface area contributed by atoms with E-state index in [2.05, 4.69) is 15.6 Å². The summed E-state index contributed by atoms with van der Waals surface area (Å²) in [6.45, 7) is 0.331. The average molecular weight is 371 g/mol. The van der Waals surface area contributed by atoms with Gasteiger partial charge in [-0.2, -0.15) is 13.2 Å². The number of carbonyl (C=O) groups is 1. The molecule has 0 radical (unpaired) electrons. The third-order valence-electron chi connectivity index (χ3n) is 3.80. The lowest BCUT2D eigenvalue weighted by Gasteiger charge is -2.13. The van der Waals surface area contributed by atoms with E-state index in [1.807, 2.05) is 30.3 Å². The molecule has 0 fully saturated rings. The maximum atomic E-state index is 12.9. The van der Waals surface area contributed by atoms with Crippen molar-refractivity contribution in [1.29, 1.82) is 0 Å². The van der Waals surface area contributed by atoms with Crippen LogP contribution in [-0.2, 0) is 12.7 Å². The second-order valence-corrected chi connectivity index (χ2v) is 5.77. The van der Waals surface area contributed by atoms with Crippen molar-refractivity contribution in [2.75, 3.05) is 5.32 Å². The zero-order valence-corrected chi connectivity index (χ0v) is 14.1. The second-order valence-electron chi connectivity index (χ2n) is 5.77. The average Bonchev–Trinajstić information content (AvgIpc) is 2.67. The zero-order valence-electron chi connectivity index (χ0n) is 14.1. The number of rotatable bonds is 5. The van der Waals surface area contributed by atoms with E-state index in [9.17, 15) is 18.0 Å². The van der Waals surface area contributed by atoms with Gasteiger partial charge in [-0.25, -0.2) is 4.98 Å². The van der Waals surface area contributed by atoms with Crippen LogP contribution in [0, 0.1) is 0 Å². The SMILES string of the molecule is O=C(NCc1ccccc1)c1cccnc1Nc1cccc(C(F)(F)F)c1. The number of carbonyl (C=O) groups excluding carboxylic acids is 1. The number of halogens is 3. The van der Waals surface area contributed by atoms with Crippen LogP contribution in [0.15, 0.2) is 72.9 Å². The Labute approximate surface area is 154 Å². The molecule has 1 amide bonds. The third kappa shape index (κ3) is 4.84. The second kappa shape index (κ2) is 7.90. The molecule has 0 spiro atoms. The van der Waals surface area contributed by atoms with Crippen LogP contribution >= 0.6 is 0 Å². The number of amides is 1. The largest absolute Gasteiger partial charge is 0.416 e. The van der Waals surface area contributed by atoms with Crippen molar-refractivity contribution < 1.29 is 18.0 Å². The first-order valence-electron chi connectivity index (χ1n) is 8.15. The highest BCUT2D eigenvalue weighted by Gasteiger charge is 2.30. The van der Waals surface area contributed by atoms with Crippen molar-refractivity contribution in [2.24, 2.45) is 0 Å². The summed E-state index contributed by atoms with van der Waals surface area (Å²) in [6.07, 6.45) is -2.98. The summed E-state index contributed by atoms with van der Waals surface area (Å²) >= 11 is 0. The number of hydrogen-bond donors (Lipinski definition) is 2. The van der Waals surface area contributed by atoms with Gasteiger partial charge in [-0.05, 0) is 35.9 Å². The quantitative estimate of drug-likeness (QED) is 0.679. The van der Waals surface area contributed by atoms with Gasteiger partial charge in [0.2, 0.25) is 0 Å². The van der Waals surface area contributed by atoms with E-state index in [1.54, 1.807) is 12.1 Å². The van der Waals surface area contributed by atoms with Crippen LogP contribution in [0.1, 0.15) is 21.5 Å². The van der Waals surface area contributed by atoms with Crippen molar-refractivity contribution in [2.45, 2.75) is 12.7 Å². The Morgan fingerprint density at radius 2 is 1.74 bits per heavy atom. The lowest BCUT2D eigenvalue weighted by molar-refractivity contribution is -0.137. The van der Waals surface area contributed by atoms with Crippen molar-refractivity contribution in [3.63, 3.8) is 0 Å². The number of hydrogen-bond acceptors (Lipinski definition) is 3. The molecule has 0 saturated carbocycles. The Bertz CT molecular complexity index is 927. The van der Waals surface area contributed by atoms with Crippen LogP contribution in [0.3, 0.4) is 0 Å². The minimum Gasteiger partial charge on any atom is -0.348 e. The van der Waals surface area contributed by atoms with E-state index in [0.717, 1.165) is 17.7 Å². The lowest BCUT2D eigenvalue weighted by Crippen LogP contribution is -2.24. The Hall–Kier alpha value is -3.35. The predicted octanol–water partition coefficient (Wildman–Crippen LogP) is 4.77. The summed E-state index contributed by atoms with van der Waals surface area (Å²) in [5.74, 6) is -0.191. The Kier molecular flexibility index (Phi) is 5.40. The highest BCUT2D eigenvalue weighted by atomic mass is 19.4. The van der Waals surface area contributed by atoms with Gasteiger partial charge in [0.05, 0.1) is 11.1 Å². The molecule has 0 aliphatic carbocycles. The molecule has 0 aliphatic rings. The number of alkyl halides is 3. The molecule has 0 atom stereocenters. The van der Waals surface area contributed by atoms with Crippen LogP contribution in [0.25, 0.3) is 0 Å². The van der Waals surface area contributed by atoms with E-state index in [1.165, 1.54) is 18.3 Å². The molecular weight excluding hydrogens is 355 g/mol. The van der Waals surface area contributed by atoms with Crippen LogP contribution in [-0.4, -0.2) is 10.9 Å². The van der Waals surface area contributed by atoms with Crippen LogP contribution in [0.5, 0.6) is 0 Å². The first-order valence-corrected chi connectivity index (χ1v) is 8.15. The van der Waals surface area contributed by atoms with Crippen molar-refractivity contribution in [1.82, 2.24) is 10.3 Å². The van der Waals surface area contributed by atoms with Gasteiger partial charge in [0, 0.05) is 18.4 Å². The highest BCUT2D eigenvalue weighted by molar-refractivity contribution is 5.99. The first kappa shape index (κ1) is 18.4. The number of pyridine rings is 1. The van der Waals surface area contributed by atoms with Crippen LogP contribution in [0.2, 0.25) is 0 Å². The van der Waals surface area contributed by atoms with Gasteiger partial charge in [-0.3, -0.25) is 4.79 Å². The Morgan fingerprint density at radius 3 is 2.48 bits per heavy atom. The molecule has 2 aromatic carbocycles. The van der Waals surface area contributed by atoms with Gasteiger partial charge in [-0.1, -0.05) is 36.4 Å². The molecule has 3 aromatic rings. The fourth-order valence-corrected chi connectivity index (χ4v) is 2.47. The van der Waals surface area contributed by atoms with Crippen LogP contribution < -0.4 is 10.6 Å². The standard InChI is InChI=1S/C20H16F3N3O/c21-20(22,23)15-8-4-9-16(12-15)26-18-17(10-5-11-24-18)19(27)25-13-14-6-2-1-3-7-14/h1-12H,13H2,(H,24,26)(H,25,27). The van der Waals surface area contributed by atoms with Gasteiger partial charge in [0.1, 0.15) is 5.82 Å². The monoisotopic (exact) mass is 371 g/mol. The summed E-state index contributed by atoms with van der Waals surface area (Å²) in [6, 6.07) is 17.3. The fourth-order valence-electron chi connectivity index (χ4n) is 2.47. The summed E-state index contributed by atoms with van der Waals surface area (Å²) in [5, 5.41) is 5.57. The van der Waals surface area contributed by atoms with Gasteiger partial charge in [-0.15, -0.1) is 0 Å². The molecule has 3 rings (SSSR count). The molecule has 0 aliphatic heterocycles. The highest BCUT2D eigenvalue weighted by Crippen LogP contribution is 2.31. The van der Waals surface area contributed by atoms with Gasteiger partial charge in [0.25, 0.3) is 5.91 Å². The van der Waals surface area contributed by atoms with Gasteiger partial charge >= 0.3 is 6.18 Å². The number of aromatic nitrogens is 1. The number of benzene rings is 2. The zero-order chi connectivity index (χ0) is 19.3. The molecule has 0 saturated heterocycles. The molecular formula is C20H16F3N3O. The summed E-state index contributed by atoms with van der Waals surface area (Å²) in [5.41, 5.74) is 0.590. The topological polar surface area (TPSA) is 54.0 Å². The van der Waals surface area contributed by atoms with Crippen molar-refractivity contribution in [3.8, 4) is 0 Å². The van der Waals surface area contributed by atoms with Crippen LogP contribution in [0.4, 0.5) is 24.7 Å². The summed E-state index contributed by atoms with van der Waals surface area (Å²) in [7, 11) is 0. The normalized spacial score (nSPS) is 11.1. The molecule has 7 heteroatoms.